The van der Waals surface area contributed by atoms with Gasteiger partial charge in [0.2, 0.25) is 0 Å². The van der Waals surface area contributed by atoms with Crippen molar-refractivity contribution in [2.24, 2.45) is 10.6 Å². The van der Waals surface area contributed by atoms with Crippen LogP contribution in [0.2, 0.25) is 0 Å². The van der Waals surface area contributed by atoms with Gasteiger partial charge in [-0.25, -0.2) is 4.21 Å². The maximum Gasteiger partial charge on any atom is 0.143 e. The fourth-order valence-corrected chi connectivity index (χ4v) is 3.18. The van der Waals surface area contributed by atoms with Crippen molar-refractivity contribution in [3.05, 3.63) is 60.6 Å². The first kappa shape index (κ1) is 22.5. The van der Waals surface area contributed by atoms with Gasteiger partial charge in [0.15, 0.2) is 0 Å². The molecule has 29 heavy (non-hydrogen) atoms. The second-order valence-electron chi connectivity index (χ2n) is 7.46. The summed E-state index contributed by atoms with van der Waals surface area (Å²) in [5, 5.41) is 38.4. The lowest BCUT2D eigenvalue weighted by Crippen LogP contribution is -2.29. The molecular weight excluding hydrogens is 390 g/mol. The van der Waals surface area contributed by atoms with Crippen molar-refractivity contribution in [2.45, 2.75) is 25.3 Å². The van der Waals surface area contributed by atoms with E-state index in [1.54, 1.807) is 12.1 Å². The molecule has 0 aliphatic rings. The Bertz CT molecular complexity index is 1060. The molecule has 0 saturated carbocycles. The molecule has 7 nitrogen and oxygen atoms in total. The summed E-state index contributed by atoms with van der Waals surface area (Å²) in [5.41, 5.74) is 1.74. The number of aromatic nitrogens is 1. The highest BCUT2D eigenvalue weighted by Gasteiger charge is 2.22. The highest BCUT2D eigenvalue weighted by molar-refractivity contribution is 7.98. The number of aliphatic hydroxyl groups excluding tert-OH is 2. The zero-order valence-corrected chi connectivity index (χ0v) is 17.4. The molecule has 1 atom stereocenters. The Morgan fingerprint density at radius 3 is 2.48 bits per heavy atom. The Morgan fingerprint density at radius 1 is 1.31 bits per heavy atom. The number of nitrogens with zero attached hydrogens (tertiary/aromatic N) is 1. The summed E-state index contributed by atoms with van der Waals surface area (Å²) in [6.45, 7) is 11.1. The lowest BCUT2D eigenvalue weighted by atomic mass is 9.91. The van der Waals surface area contributed by atoms with Gasteiger partial charge in [-0.2, -0.15) is 0 Å². The van der Waals surface area contributed by atoms with Crippen molar-refractivity contribution >= 4 is 21.3 Å². The molecule has 0 fully saturated rings. The smallest absolute Gasteiger partial charge is 0.143 e. The van der Waals surface area contributed by atoms with Gasteiger partial charge in [0.25, 0.3) is 0 Å². The van der Waals surface area contributed by atoms with Gasteiger partial charge < -0.3 is 20.6 Å². The predicted octanol–water partition coefficient (Wildman–Crippen LogP) is 2.55. The fraction of sp³-hybridized carbons (Fsp3) is 0.238. The van der Waals surface area contributed by atoms with E-state index in [0.29, 0.717) is 33.8 Å². The van der Waals surface area contributed by atoms with Crippen LogP contribution in [0.1, 0.15) is 25.1 Å². The third kappa shape index (κ3) is 5.17. The topological polar surface area (TPSA) is 129 Å². The van der Waals surface area contributed by atoms with Crippen LogP contribution >= 0.6 is 0 Å². The largest absolute Gasteiger partial charge is 0.512 e. The van der Waals surface area contributed by atoms with Crippen LogP contribution in [0, 0.1) is 5.41 Å². The van der Waals surface area contributed by atoms with Gasteiger partial charge in [-0.1, -0.05) is 33.1 Å². The van der Waals surface area contributed by atoms with Gasteiger partial charge in [0.05, 0.1) is 27.8 Å². The van der Waals surface area contributed by atoms with Gasteiger partial charge in [0, 0.05) is 28.6 Å². The van der Waals surface area contributed by atoms with E-state index in [1.807, 2.05) is 13.8 Å². The van der Waals surface area contributed by atoms with Crippen LogP contribution in [0.4, 0.5) is 0 Å². The lowest BCUT2D eigenvalue weighted by Gasteiger charge is -2.24. The van der Waals surface area contributed by atoms with E-state index in [4.69, 9.17) is 5.14 Å². The quantitative estimate of drug-likeness (QED) is 0.332. The van der Waals surface area contributed by atoms with Gasteiger partial charge in [-0.3, -0.25) is 10.1 Å². The zero-order chi connectivity index (χ0) is 22.0. The number of benzene rings is 1. The Hall–Kier alpha value is -2.81. The summed E-state index contributed by atoms with van der Waals surface area (Å²) < 4.78 is 11.9. The molecule has 1 heterocycles. The van der Waals surface area contributed by atoms with Gasteiger partial charge in [0.1, 0.15) is 11.4 Å². The third-order valence-corrected chi connectivity index (χ3v) is 5.69. The van der Waals surface area contributed by atoms with E-state index >= 15 is 0 Å². The second kappa shape index (κ2) is 8.28. The Morgan fingerprint density at radius 2 is 1.97 bits per heavy atom. The molecule has 2 aromatic rings. The van der Waals surface area contributed by atoms with E-state index < -0.39 is 15.1 Å². The van der Waals surface area contributed by atoms with E-state index in [-0.39, 0.29) is 23.8 Å². The molecule has 0 radical (unpaired) electrons. The highest BCUT2D eigenvalue weighted by atomic mass is 32.2. The van der Waals surface area contributed by atoms with Crippen LogP contribution in [0.25, 0.3) is 16.8 Å². The van der Waals surface area contributed by atoms with Gasteiger partial charge >= 0.3 is 0 Å². The van der Waals surface area contributed by atoms with Crippen LogP contribution in [0.5, 0.6) is 5.75 Å². The Balaban J connectivity index is 2.32. The summed E-state index contributed by atoms with van der Waals surface area (Å²) in [7, 11) is -2.91. The number of nitrogens with two attached hydrogens (primary N) is 1. The number of aliphatic hydroxyl groups is 2. The lowest BCUT2D eigenvalue weighted by molar-refractivity contribution is 0.259. The third-order valence-electron chi connectivity index (χ3n) is 4.64. The highest BCUT2D eigenvalue weighted by Crippen LogP contribution is 2.31. The Kier molecular flexibility index (Phi) is 6.42. The number of nitrogens with one attached hydrogen (secondary N) is 1. The van der Waals surface area contributed by atoms with Crippen LogP contribution in [0.3, 0.4) is 0 Å². The first-order valence-corrected chi connectivity index (χ1v) is 10.6. The standard InChI is InChI=1S/C21H27N3O4S/c1-13(24-12-21(3,4)14(2)26)20-19(27)9-15(10-23-20)18-7-6-17(29(5,22)28)8-16(18)11-25/h6-10,24-27H,1-2,5,11-12H2,3-4H3,(H2,22,28). The van der Waals surface area contributed by atoms with Crippen molar-refractivity contribution in [1.82, 2.24) is 10.3 Å². The summed E-state index contributed by atoms with van der Waals surface area (Å²) >= 11 is 0. The molecule has 156 valence electrons. The molecule has 1 aromatic carbocycles. The average molecular weight is 418 g/mol. The van der Waals surface area contributed by atoms with Crippen LogP contribution in [0.15, 0.2) is 54.3 Å². The Labute approximate surface area is 171 Å². The molecule has 0 saturated heterocycles. The van der Waals surface area contributed by atoms with E-state index in [1.165, 1.54) is 18.3 Å². The average Bonchev–Trinajstić information content (AvgIpc) is 2.64. The minimum Gasteiger partial charge on any atom is -0.512 e. The number of pyridine rings is 1. The number of aromatic hydroxyl groups is 1. The van der Waals surface area contributed by atoms with Crippen molar-refractivity contribution in [3.63, 3.8) is 0 Å². The maximum atomic E-state index is 11.9. The monoisotopic (exact) mass is 417 g/mol. The molecule has 1 aromatic heterocycles. The van der Waals surface area contributed by atoms with Gasteiger partial charge in [-0.15, -0.1) is 0 Å². The minimum absolute atomic E-state index is 0.0361. The molecule has 0 spiro atoms. The molecule has 1 unspecified atom stereocenters. The number of hydrogen-bond donors (Lipinski definition) is 5. The molecule has 0 bridgehead atoms. The second-order valence-corrected chi connectivity index (χ2v) is 9.38. The van der Waals surface area contributed by atoms with Crippen LogP contribution in [-0.2, 0) is 16.3 Å². The van der Waals surface area contributed by atoms with Crippen molar-refractivity contribution in [2.75, 3.05) is 6.54 Å². The number of rotatable bonds is 8. The van der Waals surface area contributed by atoms with Crippen LogP contribution < -0.4 is 10.5 Å². The normalized spacial score (nSPS) is 13.5. The predicted molar refractivity (Wildman–Crippen MR) is 118 cm³/mol. The fourth-order valence-electron chi connectivity index (χ4n) is 2.54. The molecule has 0 aliphatic carbocycles. The summed E-state index contributed by atoms with van der Waals surface area (Å²) in [4.78, 5) is 4.60. The first-order chi connectivity index (χ1) is 13.4. The minimum atomic E-state index is -2.91. The van der Waals surface area contributed by atoms with Crippen molar-refractivity contribution < 1.29 is 19.5 Å². The van der Waals surface area contributed by atoms with E-state index in [0.717, 1.165) is 0 Å². The first-order valence-electron chi connectivity index (χ1n) is 8.76. The molecule has 8 heteroatoms. The van der Waals surface area contributed by atoms with E-state index in [2.05, 4.69) is 29.3 Å². The molecule has 2 rings (SSSR count). The molecule has 0 amide bonds. The zero-order valence-electron chi connectivity index (χ0n) is 16.6. The SMILES string of the molecule is C=C(NCC(C)(C)C(=C)O)c1ncc(-c2ccc(S(=C)(N)=O)cc2CO)cc1O. The summed E-state index contributed by atoms with van der Waals surface area (Å²) in [6.07, 6.45) is 1.54. The van der Waals surface area contributed by atoms with E-state index in [9.17, 15) is 19.5 Å². The number of hydrogen-bond acceptors (Lipinski definition) is 6. The van der Waals surface area contributed by atoms with Crippen LogP contribution in [-0.4, -0.2) is 36.9 Å². The summed E-state index contributed by atoms with van der Waals surface area (Å²) in [6, 6.07) is 6.25. The van der Waals surface area contributed by atoms with Crippen molar-refractivity contribution in [1.29, 1.82) is 0 Å². The molecule has 0 aliphatic heterocycles. The molecular formula is C21H27N3O4S. The summed E-state index contributed by atoms with van der Waals surface area (Å²) in [5.74, 6) is 3.38. The van der Waals surface area contributed by atoms with Gasteiger partial charge in [-0.05, 0) is 35.2 Å². The maximum absolute atomic E-state index is 11.9. The molecule has 6 N–H and O–H groups in total. The van der Waals surface area contributed by atoms with Crippen molar-refractivity contribution in [3.8, 4) is 16.9 Å².